The van der Waals surface area contributed by atoms with E-state index < -0.39 is 0 Å². The number of aromatic nitrogens is 2. The van der Waals surface area contributed by atoms with Gasteiger partial charge in [-0.3, -0.25) is 0 Å². The molecule has 3 aromatic rings. The molecule has 0 atom stereocenters. The van der Waals surface area contributed by atoms with Crippen molar-refractivity contribution in [3.63, 3.8) is 0 Å². The predicted octanol–water partition coefficient (Wildman–Crippen LogP) is 3.73. The molecule has 0 N–H and O–H groups in total. The number of rotatable bonds is 6. The quantitative estimate of drug-likeness (QED) is 0.694. The van der Waals surface area contributed by atoms with E-state index in [1.54, 1.807) is 7.11 Å². The topological polar surface area (TPSA) is 57.4 Å². The fourth-order valence-corrected chi connectivity index (χ4v) is 2.23. The zero-order chi connectivity index (χ0) is 16.1. The molecule has 0 bridgehead atoms. The second-order valence-corrected chi connectivity index (χ2v) is 5.00. The monoisotopic (exact) mass is 310 g/mol. The van der Waals surface area contributed by atoms with Crippen molar-refractivity contribution in [3.05, 3.63) is 59.9 Å². The van der Waals surface area contributed by atoms with Crippen molar-refractivity contribution in [1.82, 2.24) is 10.1 Å². The van der Waals surface area contributed by atoms with Crippen molar-refractivity contribution < 1.29 is 14.0 Å². The second-order valence-electron chi connectivity index (χ2n) is 5.00. The van der Waals surface area contributed by atoms with Crippen LogP contribution in [0.5, 0.6) is 11.5 Å². The van der Waals surface area contributed by atoms with E-state index in [9.17, 15) is 0 Å². The lowest BCUT2D eigenvalue weighted by Gasteiger charge is -2.02. The van der Waals surface area contributed by atoms with Crippen LogP contribution in [0, 0.1) is 0 Å². The highest BCUT2D eigenvalue weighted by Gasteiger charge is 2.09. The van der Waals surface area contributed by atoms with Crippen LogP contribution in [0.4, 0.5) is 0 Å². The molecule has 0 aliphatic rings. The lowest BCUT2D eigenvalue weighted by Crippen LogP contribution is -1.92. The molecule has 3 rings (SSSR count). The molecule has 23 heavy (non-hydrogen) atoms. The molecule has 0 aliphatic carbocycles. The fourth-order valence-electron chi connectivity index (χ4n) is 2.23. The van der Waals surface area contributed by atoms with Gasteiger partial charge in [0, 0.05) is 12.0 Å². The van der Waals surface area contributed by atoms with Crippen LogP contribution in [0.2, 0.25) is 0 Å². The summed E-state index contributed by atoms with van der Waals surface area (Å²) in [7, 11) is 1.65. The summed E-state index contributed by atoms with van der Waals surface area (Å²) in [5.41, 5.74) is 1.98. The summed E-state index contributed by atoms with van der Waals surface area (Å²) in [4.78, 5) is 4.44. The molecule has 0 radical (unpaired) electrons. The van der Waals surface area contributed by atoms with Crippen molar-refractivity contribution in [3.8, 4) is 23.0 Å². The Morgan fingerprint density at radius 1 is 0.957 bits per heavy atom. The molecule has 0 aliphatic heterocycles. The van der Waals surface area contributed by atoms with Crippen LogP contribution >= 0.6 is 0 Å². The zero-order valence-electron chi connectivity index (χ0n) is 13.2. The highest BCUT2D eigenvalue weighted by molar-refractivity contribution is 5.54. The molecule has 1 aromatic heterocycles. The first-order valence-corrected chi connectivity index (χ1v) is 7.47. The highest BCUT2D eigenvalue weighted by atomic mass is 16.5. The van der Waals surface area contributed by atoms with Crippen LogP contribution in [0.3, 0.4) is 0 Å². The van der Waals surface area contributed by atoms with Gasteiger partial charge in [-0.25, -0.2) is 0 Å². The van der Waals surface area contributed by atoms with Gasteiger partial charge < -0.3 is 14.0 Å². The van der Waals surface area contributed by atoms with E-state index in [2.05, 4.69) is 10.1 Å². The summed E-state index contributed by atoms with van der Waals surface area (Å²) in [6, 6.07) is 15.4. The van der Waals surface area contributed by atoms with Gasteiger partial charge >= 0.3 is 0 Å². The Balaban J connectivity index is 1.71. The molecule has 0 amide bonds. The van der Waals surface area contributed by atoms with Gasteiger partial charge in [0.05, 0.1) is 13.7 Å². The van der Waals surface area contributed by atoms with Crippen LogP contribution in [-0.2, 0) is 6.42 Å². The van der Waals surface area contributed by atoms with Crippen LogP contribution < -0.4 is 9.47 Å². The van der Waals surface area contributed by atoms with E-state index in [-0.39, 0.29) is 0 Å². The molecule has 5 heteroatoms. The van der Waals surface area contributed by atoms with Crippen LogP contribution in [-0.4, -0.2) is 23.9 Å². The lowest BCUT2D eigenvalue weighted by atomic mass is 10.1. The SMILES string of the molecule is CCOc1ccc(-c2nc(Cc3ccc(OC)cc3)no2)cc1. The maximum absolute atomic E-state index is 5.42. The van der Waals surface area contributed by atoms with Crippen molar-refractivity contribution in [1.29, 1.82) is 0 Å². The van der Waals surface area contributed by atoms with Gasteiger partial charge in [-0.05, 0) is 48.9 Å². The van der Waals surface area contributed by atoms with E-state index in [0.717, 1.165) is 22.6 Å². The summed E-state index contributed by atoms with van der Waals surface area (Å²) in [5.74, 6) is 2.82. The number of ether oxygens (including phenoxy) is 2. The standard InChI is InChI=1S/C18H18N2O3/c1-3-22-16-10-6-14(7-11-16)18-19-17(20-23-18)12-13-4-8-15(21-2)9-5-13/h4-11H,3,12H2,1-2H3. The Bertz CT molecular complexity index is 749. The first-order chi connectivity index (χ1) is 11.3. The number of methoxy groups -OCH3 is 1. The van der Waals surface area contributed by atoms with Gasteiger partial charge in [0.1, 0.15) is 11.5 Å². The van der Waals surface area contributed by atoms with E-state index in [0.29, 0.717) is 24.7 Å². The maximum Gasteiger partial charge on any atom is 0.257 e. The maximum atomic E-state index is 5.42. The summed E-state index contributed by atoms with van der Waals surface area (Å²) in [6.07, 6.45) is 0.616. The Labute approximate surface area is 134 Å². The third kappa shape index (κ3) is 3.69. The molecule has 1 heterocycles. The zero-order valence-corrected chi connectivity index (χ0v) is 13.2. The van der Waals surface area contributed by atoms with E-state index >= 15 is 0 Å². The Morgan fingerprint density at radius 2 is 1.65 bits per heavy atom. The Hall–Kier alpha value is -2.82. The molecule has 0 saturated heterocycles. The van der Waals surface area contributed by atoms with Gasteiger partial charge in [0.15, 0.2) is 5.82 Å². The lowest BCUT2D eigenvalue weighted by molar-refractivity contribution is 0.340. The summed E-state index contributed by atoms with van der Waals surface area (Å²) in [5, 5.41) is 4.04. The summed E-state index contributed by atoms with van der Waals surface area (Å²) in [6.45, 7) is 2.60. The summed E-state index contributed by atoms with van der Waals surface area (Å²) < 4.78 is 15.9. The highest BCUT2D eigenvalue weighted by Crippen LogP contribution is 2.22. The molecular formula is C18H18N2O3. The van der Waals surface area contributed by atoms with Crippen molar-refractivity contribution in [2.75, 3.05) is 13.7 Å². The van der Waals surface area contributed by atoms with Crippen LogP contribution in [0.25, 0.3) is 11.5 Å². The van der Waals surface area contributed by atoms with Crippen LogP contribution in [0.1, 0.15) is 18.3 Å². The van der Waals surface area contributed by atoms with Gasteiger partial charge in [0.2, 0.25) is 0 Å². The van der Waals surface area contributed by atoms with E-state index in [4.69, 9.17) is 14.0 Å². The molecule has 0 unspecified atom stereocenters. The number of benzene rings is 2. The second kappa shape index (κ2) is 6.96. The smallest absolute Gasteiger partial charge is 0.257 e. The molecular weight excluding hydrogens is 292 g/mol. The summed E-state index contributed by atoms with van der Waals surface area (Å²) >= 11 is 0. The molecule has 5 nitrogen and oxygen atoms in total. The molecule has 0 spiro atoms. The number of hydrogen-bond acceptors (Lipinski definition) is 5. The molecule has 0 fully saturated rings. The normalized spacial score (nSPS) is 10.5. The molecule has 0 saturated carbocycles. The van der Waals surface area contributed by atoms with E-state index in [1.165, 1.54) is 0 Å². The Kier molecular flexibility index (Phi) is 4.57. The third-order valence-corrected chi connectivity index (χ3v) is 3.40. The number of nitrogens with zero attached hydrogens (tertiary/aromatic N) is 2. The van der Waals surface area contributed by atoms with Gasteiger partial charge in [-0.15, -0.1) is 0 Å². The van der Waals surface area contributed by atoms with Crippen molar-refractivity contribution in [2.24, 2.45) is 0 Å². The van der Waals surface area contributed by atoms with Crippen LogP contribution in [0.15, 0.2) is 53.1 Å². The predicted molar refractivity (Wildman–Crippen MR) is 86.7 cm³/mol. The average molecular weight is 310 g/mol. The van der Waals surface area contributed by atoms with Crippen molar-refractivity contribution >= 4 is 0 Å². The number of hydrogen-bond donors (Lipinski definition) is 0. The average Bonchev–Trinajstić information content (AvgIpc) is 3.05. The van der Waals surface area contributed by atoms with Gasteiger partial charge in [-0.1, -0.05) is 17.3 Å². The van der Waals surface area contributed by atoms with Crippen molar-refractivity contribution in [2.45, 2.75) is 13.3 Å². The minimum Gasteiger partial charge on any atom is -0.497 e. The minimum absolute atomic E-state index is 0.511. The molecule has 2 aromatic carbocycles. The first-order valence-electron chi connectivity index (χ1n) is 7.47. The largest absolute Gasteiger partial charge is 0.497 e. The first kappa shape index (κ1) is 15.1. The van der Waals surface area contributed by atoms with E-state index in [1.807, 2.05) is 55.5 Å². The fraction of sp³-hybridized carbons (Fsp3) is 0.222. The van der Waals surface area contributed by atoms with Gasteiger partial charge in [0.25, 0.3) is 5.89 Å². The minimum atomic E-state index is 0.511. The molecule has 118 valence electrons. The van der Waals surface area contributed by atoms with Gasteiger partial charge in [-0.2, -0.15) is 4.98 Å². The Morgan fingerprint density at radius 3 is 2.30 bits per heavy atom. The third-order valence-electron chi connectivity index (χ3n) is 3.40.